The number of benzene rings is 3. The molecule has 5 nitrogen and oxygen atoms in total. The van der Waals surface area contributed by atoms with Gasteiger partial charge in [-0.15, -0.1) is 0 Å². The average Bonchev–Trinajstić information content (AvgIpc) is 3.32. The van der Waals surface area contributed by atoms with E-state index in [1.54, 1.807) is 16.5 Å². The van der Waals surface area contributed by atoms with Crippen molar-refractivity contribution in [3.8, 4) is 11.5 Å². The molecule has 0 saturated heterocycles. The largest absolute Gasteiger partial charge is 0.490 e. The number of nitrogens with zero attached hydrogens (tertiary/aromatic N) is 2. The van der Waals surface area contributed by atoms with Gasteiger partial charge < -0.3 is 9.47 Å². The van der Waals surface area contributed by atoms with Crippen LogP contribution in [0.2, 0.25) is 10.0 Å². The van der Waals surface area contributed by atoms with Crippen molar-refractivity contribution >= 4 is 72.5 Å². The number of para-hydroxylation sites is 2. The highest BCUT2D eigenvalue weighted by Gasteiger charge is 2.14. The van der Waals surface area contributed by atoms with Gasteiger partial charge in [-0.05, 0) is 55.0 Å². The first kappa shape index (κ1) is 23.2. The molecular weight excluding hydrogens is 559 g/mol. The van der Waals surface area contributed by atoms with E-state index in [1.165, 1.54) is 11.3 Å². The Morgan fingerprint density at radius 1 is 1.09 bits per heavy atom. The number of hydrogen-bond donors (Lipinski definition) is 0. The zero-order valence-electron chi connectivity index (χ0n) is 17.8. The molecule has 0 aliphatic carbocycles. The van der Waals surface area contributed by atoms with E-state index < -0.39 is 0 Å². The lowest BCUT2D eigenvalue weighted by Gasteiger charge is -2.14. The molecule has 9 heteroatoms. The van der Waals surface area contributed by atoms with Gasteiger partial charge >= 0.3 is 0 Å². The van der Waals surface area contributed by atoms with Gasteiger partial charge in [-0.3, -0.25) is 4.79 Å². The van der Waals surface area contributed by atoms with E-state index in [2.05, 4.69) is 20.9 Å². The van der Waals surface area contributed by atoms with Crippen molar-refractivity contribution in [2.24, 2.45) is 0 Å². The van der Waals surface area contributed by atoms with Crippen molar-refractivity contribution in [1.82, 2.24) is 9.38 Å². The fourth-order valence-electron chi connectivity index (χ4n) is 3.59. The number of imidazole rings is 1. The second kappa shape index (κ2) is 9.58. The van der Waals surface area contributed by atoms with E-state index in [4.69, 9.17) is 32.7 Å². The maximum absolute atomic E-state index is 13.1. The number of fused-ring (bicyclic) bond motifs is 3. The molecule has 0 aliphatic heterocycles. The van der Waals surface area contributed by atoms with E-state index in [9.17, 15) is 4.79 Å². The highest BCUT2D eigenvalue weighted by atomic mass is 79.9. The Kier molecular flexibility index (Phi) is 6.53. The van der Waals surface area contributed by atoms with Crippen molar-refractivity contribution in [3.05, 3.63) is 95.1 Å². The Hall–Kier alpha value is -2.58. The number of hydrogen-bond acceptors (Lipinski definition) is 5. The molecule has 2 heterocycles. The lowest BCUT2D eigenvalue weighted by molar-refractivity contribution is 0.269. The summed E-state index contributed by atoms with van der Waals surface area (Å²) in [6.07, 6.45) is 1.84. The molecule has 0 radical (unpaired) electrons. The molecular formula is C25H17BrCl2N2O3S. The minimum Gasteiger partial charge on any atom is -0.490 e. The van der Waals surface area contributed by atoms with E-state index in [1.807, 2.05) is 55.5 Å². The van der Waals surface area contributed by atoms with Crippen LogP contribution >= 0.6 is 50.5 Å². The molecule has 5 rings (SSSR count). The summed E-state index contributed by atoms with van der Waals surface area (Å²) in [5.41, 5.74) is 3.12. The van der Waals surface area contributed by atoms with E-state index in [-0.39, 0.29) is 12.2 Å². The molecule has 2 aromatic heterocycles. The number of halogens is 3. The summed E-state index contributed by atoms with van der Waals surface area (Å²) < 4.78 is 14.8. The molecule has 0 N–H and O–H groups in total. The number of ether oxygens (including phenoxy) is 2. The number of rotatable bonds is 6. The summed E-state index contributed by atoms with van der Waals surface area (Å²) in [6, 6.07) is 16.6. The average molecular weight is 576 g/mol. The first-order chi connectivity index (χ1) is 16.4. The Morgan fingerprint density at radius 3 is 2.68 bits per heavy atom. The first-order valence-corrected chi connectivity index (χ1v) is 12.8. The topological polar surface area (TPSA) is 52.8 Å². The lowest BCUT2D eigenvalue weighted by Crippen LogP contribution is -2.22. The monoisotopic (exact) mass is 574 g/mol. The molecule has 172 valence electrons. The number of thiazole rings is 1. The van der Waals surface area contributed by atoms with Crippen LogP contribution < -0.4 is 19.6 Å². The van der Waals surface area contributed by atoms with Gasteiger partial charge in [0.25, 0.3) is 5.56 Å². The van der Waals surface area contributed by atoms with Gasteiger partial charge in [-0.2, -0.15) is 0 Å². The maximum atomic E-state index is 13.1. The van der Waals surface area contributed by atoms with Crippen molar-refractivity contribution in [1.29, 1.82) is 0 Å². The molecule has 0 aliphatic rings. The standard InChI is InChI=1S/C25H17BrCl2N2O3S/c1-2-32-21-9-15(17(26)12-22(21)33-13-14-7-8-16(27)11-18(14)28)10-23-24(31)30-20-6-4-3-5-19(20)29-25(30)34-23/h3-12H,2,13H2,1H3/b23-10-. The van der Waals surface area contributed by atoms with Crippen molar-refractivity contribution in [2.75, 3.05) is 6.61 Å². The van der Waals surface area contributed by atoms with Gasteiger partial charge in [0.1, 0.15) is 6.61 Å². The van der Waals surface area contributed by atoms with Gasteiger partial charge in [0.15, 0.2) is 16.5 Å². The summed E-state index contributed by atoms with van der Waals surface area (Å²) in [5.74, 6) is 1.13. The third kappa shape index (κ3) is 4.41. The minimum atomic E-state index is -0.101. The highest BCUT2D eigenvalue weighted by molar-refractivity contribution is 9.10. The molecule has 0 unspecified atom stereocenters. The van der Waals surface area contributed by atoms with Crippen molar-refractivity contribution < 1.29 is 9.47 Å². The van der Waals surface area contributed by atoms with Crippen molar-refractivity contribution in [2.45, 2.75) is 13.5 Å². The molecule has 3 aromatic carbocycles. The summed E-state index contributed by atoms with van der Waals surface area (Å²) >= 11 is 17.2. The van der Waals surface area contributed by atoms with Gasteiger partial charge in [0.2, 0.25) is 0 Å². The van der Waals surface area contributed by atoms with E-state index in [0.29, 0.717) is 37.6 Å². The third-order valence-electron chi connectivity index (χ3n) is 5.19. The normalized spacial score (nSPS) is 12.1. The van der Waals surface area contributed by atoms with Crippen LogP contribution in [0.4, 0.5) is 0 Å². The van der Waals surface area contributed by atoms with Gasteiger partial charge in [0, 0.05) is 20.1 Å². The van der Waals surface area contributed by atoms with Crippen LogP contribution in [0.5, 0.6) is 11.5 Å². The smallest absolute Gasteiger partial charge is 0.274 e. The molecule has 0 atom stereocenters. The minimum absolute atomic E-state index is 0.101. The van der Waals surface area contributed by atoms with Crippen LogP contribution in [0.1, 0.15) is 18.1 Å². The summed E-state index contributed by atoms with van der Waals surface area (Å²) in [5, 5.41) is 1.10. The zero-order chi connectivity index (χ0) is 23.8. The summed E-state index contributed by atoms with van der Waals surface area (Å²) in [6.45, 7) is 2.62. The molecule has 0 spiro atoms. The van der Waals surface area contributed by atoms with E-state index in [0.717, 1.165) is 26.6 Å². The van der Waals surface area contributed by atoms with Gasteiger partial charge in [0.05, 0.1) is 22.2 Å². The Labute approximate surface area is 217 Å². The molecule has 0 amide bonds. The van der Waals surface area contributed by atoms with Crippen LogP contribution in [0.3, 0.4) is 0 Å². The second-order valence-corrected chi connectivity index (χ2v) is 10.1. The molecule has 5 aromatic rings. The maximum Gasteiger partial charge on any atom is 0.274 e. The van der Waals surface area contributed by atoms with Gasteiger partial charge in [-0.25, -0.2) is 9.38 Å². The van der Waals surface area contributed by atoms with Crippen LogP contribution in [-0.2, 0) is 6.61 Å². The van der Waals surface area contributed by atoms with Gasteiger partial charge in [-0.1, -0.05) is 68.7 Å². The fraction of sp³-hybridized carbons (Fsp3) is 0.120. The predicted octanol–water partition coefficient (Wildman–Crippen LogP) is 6.50. The second-order valence-electron chi connectivity index (χ2n) is 7.41. The first-order valence-electron chi connectivity index (χ1n) is 10.4. The molecule has 0 fully saturated rings. The predicted molar refractivity (Wildman–Crippen MR) is 142 cm³/mol. The quantitative estimate of drug-likeness (QED) is 0.232. The molecule has 0 saturated carbocycles. The molecule has 34 heavy (non-hydrogen) atoms. The number of aromatic nitrogens is 2. The lowest BCUT2D eigenvalue weighted by atomic mass is 10.2. The van der Waals surface area contributed by atoms with E-state index >= 15 is 0 Å². The Balaban J connectivity index is 1.52. The fourth-order valence-corrected chi connectivity index (χ4v) is 5.47. The zero-order valence-corrected chi connectivity index (χ0v) is 21.8. The highest BCUT2D eigenvalue weighted by Crippen LogP contribution is 2.35. The van der Waals surface area contributed by atoms with Crippen LogP contribution in [-0.4, -0.2) is 16.0 Å². The van der Waals surface area contributed by atoms with Crippen LogP contribution in [0.25, 0.3) is 22.1 Å². The molecule has 0 bridgehead atoms. The van der Waals surface area contributed by atoms with Crippen LogP contribution in [0.15, 0.2) is 63.9 Å². The summed E-state index contributed by atoms with van der Waals surface area (Å²) in [7, 11) is 0. The summed E-state index contributed by atoms with van der Waals surface area (Å²) in [4.78, 5) is 18.4. The van der Waals surface area contributed by atoms with Crippen molar-refractivity contribution in [3.63, 3.8) is 0 Å². The Morgan fingerprint density at radius 2 is 1.88 bits per heavy atom. The Bertz CT molecular complexity index is 1650. The third-order valence-corrected chi connectivity index (χ3v) is 7.44. The SMILES string of the molecule is CCOc1cc(/C=c2\sc3nc4ccccc4n3c2=O)c(Br)cc1OCc1ccc(Cl)cc1Cl. The van der Waals surface area contributed by atoms with Crippen LogP contribution in [0, 0.1) is 0 Å².